The number of amides is 2. The van der Waals surface area contributed by atoms with Crippen LogP contribution in [0, 0.1) is 5.92 Å². The normalized spacial score (nSPS) is 24.9. The quantitative estimate of drug-likeness (QED) is 0.799. The molecule has 2 aromatic rings. The predicted octanol–water partition coefficient (Wildman–Crippen LogP) is 2.04. The largest absolute Gasteiger partial charge is 0.345 e. The maximum atomic E-state index is 12.7. The molecule has 2 heterocycles. The molecule has 6 nitrogen and oxygen atoms in total. The lowest BCUT2D eigenvalue weighted by Gasteiger charge is -2.37. The van der Waals surface area contributed by atoms with E-state index in [9.17, 15) is 9.59 Å². The van der Waals surface area contributed by atoms with E-state index in [0.29, 0.717) is 19.0 Å². The molecule has 2 aliphatic rings. The first-order valence-corrected chi connectivity index (χ1v) is 9.77. The minimum Gasteiger partial charge on any atom is -0.345 e. The summed E-state index contributed by atoms with van der Waals surface area (Å²) in [5, 5.41) is 9.99. The Bertz CT molecular complexity index is 817. The van der Waals surface area contributed by atoms with Crippen LogP contribution in [0.15, 0.2) is 36.5 Å². The van der Waals surface area contributed by atoms with Crippen LogP contribution in [0.2, 0.25) is 0 Å². The summed E-state index contributed by atoms with van der Waals surface area (Å²) in [6.45, 7) is 3.48. The molecule has 2 N–H and O–H groups in total. The molecular formula is C21H26N4O2. The Morgan fingerprint density at radius 1 is 1.22 bits per heavy atom. The molecule has 1 fully saturated rings. The van der Waals surface area contributed by atoms with Gasteiger partial charge in [0.1, 0.15) is 0 Å². The fraction of sp³-hybridized carbons (Fsp3) is 0.476. The Hall–Kier alpha value is -2.63. The van der Waals surface area contributed by atoms with Crippen molar-refractivity contribution >= 4 is 11.8 Å². The van der Waals surface area contributed by atoms with Gasteiger partial charge in [0, 0.05) is 30.7 Å². The lowest BCUT2D eigenvalue weighted by molar-refractivity contribution is -0.147. The Morgan fingerprint density at radius 3 is 2.85 bits per heavy atom. The number of benzene rings is 1. The molecular weight excluding hydrogens is 340 g/mol. The first-order valence-electron chi connectivity index (χ1n) is 9.77. The summed E-state index contributed by atoms with van der Waals surface area (Å²) in [6, 6.07) is 10.3. The van der Waals surface area contributed by atoms with Gasteiger partial charge in [0.15, 0.2) is 0 Å². The van der Waals surface area contributed by atoms with Crippen LogP contribution in [-0.2, 0) is 22.4 Å². The number of piperidine rings is 1. The number of hydrogen-bond donors (Lipinski definition) is 2. The van der Waals surface area contributed by atoms with E-state index in [2.05, 4.69) is 34.6 Å². The van der Waals surface area contributed by atoms with Crippen molar-refractivity contribution in [3.8, 4) is 0 Å². The van der Waals surface area contributed by atoms with Gasteiger partial charge in [0.05, 0.1) is 6.20 Å². The van der Waals surface area contributed by atoms with Gasteiger partial charge in [-0.25, -0.2) is 0 Å². The summed E-state index contributed by atoms with van der Waals surface area (Å²) in [6.07, 6.45) is 5.14. The van der Waals surface area contributed by atoms with Gasteiger partial charge in [0.25, 0.3) is 0 Å². The first-order chi connectivity index (χ1) is 13.1. The second-order valence-electron chi connectivity index (χ2n) is 7.82. The average molecular weight is 366 g/mol. The predicted molar refractivity (Wildman–Crippen MR) is 102 cm³/mol. The lowest BCUT2D eigenvalue weighted by Crippen LogP contribution is -2.51. The summed E-state index contributed by atoms with van der Waals surface area (Å²) in [7, 11) is 0. The van der Waals surface area contributed by atoms with Crippen molar-refractivity contribution < 1.29 is 9.59 Å². The maximum Gasteiger partial charge on any atom is 0.311 e. The summed E-state index contributed by atoms with van der Waals surface area (Å²) < 4.78 is 0. The molecule has 0 spiro atoms. The Labute approximate surface area is 159 Å². The number of hydrogen-bond acceptors (Lipinski definition) is 3. The molecule has 1 aromatic carbocycles. The number of H-pyrrole nitrogens is 1. The lowest BCUT2D eigenvalue weighted by atomic mass is 9.82. The molecule has 3 unspecified atom stereocenters. The number of aryl methyl sites for hydroxylation is 1. The van der Waals surface area contributed by atoms with Crippen LogP contribution in [-0.4, -0.2) is 46.0 Å². The fourth-order valence-corrected chi connectivity index (χ4v) is 4.32. The van der Waals surface area contributed by atoms with E-state index in [4.69, 9.17) is 0 Å². The molecule has 0 radical (unpaired) electrons. The molecule has 142 valence electrons. The molecule has 1 aromatic heterocycles. The van der Waals surface area contributed by atoms with E-state index >= 15 is 0 Å². The van der Waals surface area contributed by atoms with Crippen LogP contribution in [0.25, 0.3) is 0 Å². The van der Waals surface area contributed by atoms with Gasteiger partial charge in [-0.1, -0.05) is 37.3 Å². The van der Waals surface area contributed by atoms with Crippen LogP contribution in [0.1, 0.15) is 42.5 Å². The molecule has 2 amide bonds. The number of carbonyl (C=O) groups excluding carboxylic acids is 2. The van der Waals surface area contributed by atoms with Crippen molar-refractivity contribution in [1.82, 2.24) is 20.4 Å². The zero-order chi connectivity index (χ0) is 18.8. The van der Waals surface area contributed by atoms with Crippen LogP contribution in [0.5, 0.6) is 0 Å². The number of nitrogens with one attached hydrogen (secondary N) is 2. The standard InChI is InChI=1S/C21H26N4O2/c1-14-9-10-25(13-18(14)15-5-3-2-4-6-15)21(27)20(26)23-17-7-8-19-16(11-17)12-22-24-19/h2-6,12,14,17-18H,7-11,13H2,1H3,(H,22,24)(H,23,26). The van der Waals surface area contributed by atoms with E-state index in [1.807, 2.05) is 24.4 Å². The molecule has 0 bridgehead atoms. The summed E-state index contributed by atoms with van der Waals surface area (Å²) >= 11 is 0. The van der Waals surface area contributed by atoms with Crippen LogP contribution >= 0.6 is 0 Å². The van der Waals surface area contributed by atoms with Gasteiger partial charge in [-0.15, -0.1) is 0 Å². The second-order valence-corrected chi connectivity index (χ2v) is 7.82. The maximum absolute atomic E-state index is 12.7. The highest BCUT2D eigenvalue weighted by molar-refractivity contribution is 6.35. The van der Waals surface area contributed by atoms with Crippen LogP contribution in [0.4, 0.5) is 0 Å². The molecule has 27 heavy (non-hydrogen) atoms. The molecule has 4 rings (SSSR count). The number of nitrogens with zero attached hydrogens (tertiary/aromatic N) is 2. The first kappa shape index (κ1) is 17.8. The number of aromatic nitrogens is 2. The third-order valence-electron chi connectivity index (χ3n) is 6.02. The van der Waals surface area contributed by atoms with Gasteiger partial charge < -0.3 is 10.2 Å². The Kier molecular flexibility index (Phi) is 4.97. The van der Waals surface area contributed by atoms with E-state index in [0.717, 1.165) is 36.9 Å². The minimum atomic E-state index is -0.478. The van der Waals surface area contributed by atoms with Crippen molar-refractivity contribution in [1.29, 1.82) is 0 Å². The second kappa shape index (κ2) is 7.55. The minimum absolute atomic E-state index is 0.000171. The highest BCUT2D eigenvalue weighted by atomic mass is 16.2. The molecule has 3 atom stereocenters. The molecule has 1 aliphatic carbocycles. The van der Waals surface area contributed by atoms with Gasteiger partial charge in [-0.2, -0.15) is 5.10 Å². The van der Waals surface area contributed by atoms with Gasteiger partial charge in [-0.05, 0) is 42.7 Å². The van der Waals surface area contributed by atoms with E-state index < -0.39 is 11.8 Å². The number of carbonyl (C=O) groups is 2. The van der Waals surface area contributed by atoms with Crippen molar-refractivity contribution in [2.45, 2.75) is 44.6 Å². The summed E-state index contributed by atoms with van der Waals surface area (Å²) in [5.41, 5.74) is 3.51. The molecule has 1 aliphatic heterocycles. The zero-order valence-corrected chi connectivity index (χ0v) is 15.6. The monoisotopic (exact) mass is 366 g/mol. The van der Waals surface area contributed by atoms with E-state index in [-0.39, 0.29) is 12.0 Å². The van der Waals surface area contributed by atoms with Crippen molar-refractivity contribution in [2.75, 3.05) is 13.1 Å². The van der Waals surface area contributed by atoms with Crippen molar-refractivity contribution in [2.24, 2.45) is 5.92 Å². The number of rotatable bonds is 2. The van der Waals surface area contributed by atoms with E-state index in [1.54, 1.807) is 4.90 Å². The molecule has 6 heteroatoms. The number of likely N-dealkylation sites (tertiary alicyclic amines) is 1. The van der Waals surface area contributed by atoms with Crippen LogP contribution in [0.3, 0.4) is 0 Å². The smallest absolute Gasteiger partial charge is 0.311 e. The van der Waals surface area contributed by atoms with Crippen molar-refractivity contribution in [3.05, 3.63) is 53.3 Å². The molecule has 0 saturated carbocycles. The molecule has 1 saturated heterocycles. The third kappa shape index (κ3) is 3.75. The topological polar surface area (TPSA) is 78.1 Å². The van der Waals surface area contributed by atoms with Crippen LogP contribution < -0.4 is 5.32 Å². The average Bonchev–Trinajstić information content (AvgIpc) is 3.16. The Morgan fingerprint density at radius 2 is 2.04 bits per heavy atom. The van der Waals surface area contributed by atoms with Gasteiger partial charge >= 0.3 is 11.8 Å². The third-order valence-corrected chi connectivity index (χ3v) is 6.02. The highest BCUT2D eigenvalue weighted by Crippen LogP contribution is 2.32. The van der Waals surface area contributed by atoms with Gasteiger partial charge in [0.2, 0.25) is 0 Å². The summed E-state index contributed by atoms with van der Waals surface area (Å²) in [5.74, 6) is -0.105. The number of fused-ring (bicyclic) bond motifs is 1. The van der Waals surface area contributed by atoms with Gasteiger partial charge in [-0.3, -0.25) is 14.7 Å². The fourth-order valence-electron chi connectivity index (χ4n) is 4.32. The Balaban J connectivity index is 1.38. The highest BCUT2D eigenvalue weighted by Gasteiger charge is 2.33. The summed E-state index contributed by atoms with van der Waals surface area (Å²) in [4.78, 5) is 27.0. The van der Waals surface area contributed by atoms with E-state index in [1.165, 1.54) is 5.56 Å². The van der Waals surface area contributed by atoms with Crippen molar-refractivity contribution in [3.63, 3.8) is 0 Å². The zero-order valence-electron chi connectivity index (χ0n) is 15.6. The number of aromatic amines is 1. The SMILES string of the molecule is CC1CCN(C(=O)C(=O)NC2CCc3[nH]ncc3C2)CC1c1ccccc1.